The molecule has 20 heavy (non-hydrogen) atoms. The highest BCUT2D eigenvalue weighted by Gasteiger charge is 2.15. The summed E-state index contributed by atoms with van der Waals surface area (Å²) in [6, 6.07) is 4.48. The van der Waals surface area contributed by atoms with Crippen LogP contribution >= 0.6 is 0 Å². The molecule has 1 heterocycles. The van der Waals surface area contributed by atoms with Gasteiger partial charge in [-0.15, -0.1) is 0 Å². The standard InChI is InChI=1S/C16H25N3O/c1-13(2)12-18-16(19-14-6-3-4-7-14)17-10-9-15-8-5-11-20-15/h5,8,11,14H,1,3-4,6-7,9-10,12H2,2H3,(H2,17,18,19). The lowest BCUT2D eigenvalue weighted by atomic mass is 10.2. The first-order chi connectivity index (χ1) is 9.74. The number of furan rings is 1. The quantitative estimate of drug-likeness (QED) is 0.477. The Morgan fingerprint density at radius 3 is 2.90 bits per heavy atom. The van der Waals surface area contributed by atoms with Gasteiger partial charge in [-0.05, 0) is 31.9 Å². The summed E-state index contributed by atoms with van der Waals surface area (Å²) in [5, 5.41) is 6.90. The molecule has 0 saturated heterocycles. The lowest BCUT2D eigenvalue weighted by Gasteiger charge is -2.17. The maximum absolute atomic E-state index is 5.33. The monoisotopic (exact) mass is 275 g/mol. The highest BCUT2D eigenvalue weighted by atomic mass is 16.3. The van der Waals surface area contributed by atoms with Gasteiger partial charge in [-0.25, -0.2) is 4.99 Å². The summed E-state index contributed by atoms with van der Waals surface area (Å²) in [4.78, 5) is 4.57. The summed E-state index contributed by atoms with van der Waals surface area (Å²) >= 11 is 0. The van der Waals surface area contributed by atoms with Crippen LogP contribution in [0.4, 0.5) is 0 Å². The Morgan fingerprint density at radius 2 is 2.25 bits per heavy atom. The summed E-state index contributed by atoms with van der Waals surface area (Å²) in [6.07, 6.45) is 7.70. The van der Waals surface area contributed by atoms with Crippen molar-refractivity contribution in [3.8, 4) is 0 Å². The van der Waals surface area contributed by atoms with Crippen molar-refractivity contribution < 1.29 is 4.42 Å². The lowest BCUT2D eigenvalue weighted by molar-refractivity contribution is 0.506. The van der Waals surface area contributed by atoms with Crippen LogP contribution in [0, 0.1) is 0 Å². The van der Waals surface area contributed by atoms with Crippen molar-refractivity contribution in [1.82, 2.24) is 10.6 Å². The van der Waals surface area contributed by atoms with Gasteiger partial charge < -0.3 is 15.1 Å². The van der Waals surface area contributed by atoms with E-state index < -0.39 is 0 Å². The molecule has 2 N–H and O–H groups in total. The van der Waals surface area contributed by atoms with Gasteiger partial charge in [0.15, 0.2) is 5.96 Å². The highest BCUT2D eigenvalue weighted by Crippen LogP contribution is 2.17. The number of rotatable bonds is 6. The molecular weight excluding hydrogens is 250 g/mol. The van der Waals surface area contributed by atoms with Crippen LogP contribution in [0.15, 0.2) is 40.0 Å². The number of hydrogen-bond donors (Lipinski definition) is 2. The van der Waals surface area contributed by atoms with Gasteiger partial charge in [-0.2, -0.15) is 0 Å². The van der Waals surface area contributed by atoms with Gasteiger partial charge in [0, 0.05) is 19.0 Å². The summed E-state index contributed by atoms with van der Waals surface area (Å²) in [6.45, 7) is 7.39. The third-order valence-electron chi connectivity index (χ3n) is 3.45. The van der Waals surface area contributed by atoms with Crippen LogP contribution in [-0.4, -0.2) is 25.1 Å². The minimum atomic E-state index is 0.565. The zero-order chi connectivity index (χ0) is 14.2. The molecular formula is C16H25N3O. The van der Waals surface area contributed by atoms with Crippen molar-refractivity contribution in [3.05, 3.63) is 36.3 Å². The van der Waals surface area contributed by atoms with Crippen LogP contribution in [0.2, 0.25) is 0 Å². The number of nitrogens with zero attached hydrogens (tertiary/aromatic N) is 1. The molecule has 0 atom stereocenters. The van der Waals surface area contributed by atoms with Crippen molar-refractivity contribution in [1.29, 1.82) is 0 Å². The van der Waals surface area contributed by atoms with Crippen LogP contribution in [0.3, 0.4) is 0 Å². The third-order valence-corrected chi connectivity index (χ3v) is 3.45. The van der Waals surface area contributed by atoms with Gasteiger partial charge in [0.25, 0.3) is 0 Å². The summed E-state index contributed by atoms with van der Waals surface area (Å²) in [5.41, 5.74) is 1.07. The molecule has 0 aromatic carbocycles. The fourth-order valence-corrected chi connectivity index (χ4v) is 2.39. The molecule has 2 rings (SSSR count). The molecule has 0 amide bonds. The zero-order valence-electron chi connectivity index (χ0n) is 12.3. The van der Waals surface area contributed by atoms with Crippen LogP contribution in [0.5, 0.6) is 0 Å². The van der Waals surface area contributed by atoms with Crippen molar-refractivity contribution >= 4 is 5.96 Å². The predicted octanol–water partition coefficient (Wildman–Crippen LogP) is 2.88. The van der Waals surface area contributed by atoms with E-state index in [0.717, 1.165) is 30.3 Å². The largest absolute Gasteiger partial charge is 0.469 e. The molecule has 1 aliphatic rings. The zero-order valence-corrected chi connectivity index (χ0v) is 12.3. The smallest absolute Gasteiger partial charge is 0.191 e. The van der Waals surface area contributed by atoms with Crippen molar-refractivity contribution in [2.24, 2.45) is 4.99 Å². The second kappa shape index (κ2) is 7.78. The number of guanidine groups is 1. The molecule has 1 fully saturated rings. The topological polar surface area (TPSA) is 49.6 Å². The SMILES string of the molecule is C=C(C)CN=C(NCCc1ccco1)NC1CCCC1. The number of nitrogens with one attached hydrogen (secondary N) is 2. The van der Waals surface area contributed by atoms with Crippen LogP contribution in [0.25, 0.3) is 0 Å². The van der Waals surface area contributed by atoms with E-state index in [1.165, 1.54) is 25.7 Å². The third kappa shape index (κ3) is 5.11. The van der Waals surface area contributed by atoms with Gasteiger partial charge in [-0.3, -0.25) is 0 Å². The Kier molecular flexibility index (Phi) is 5.71. The molecule has 0 radical (unpaired) electrons. The first kappa shape index (κ1) is 14.7. The minimum Gasteiger partial charge on any atom is -0.469 e. The molecule has 110 valence electrons. The molecule has 0 spiro atoms. The molecule has 0 aliphatic heterocycles. The van der Waals surface area contributed by atoms with E-state index >= 15 is 0 Å². The fourth-order valence-electron chi connectivity index (χ4n) is 2.39. The van der Waals surface area contributed by atoms with Gasteiger partial charge >= 0.3 is 0 Å². The minimum absolute atomic E-state index is 0.565. The molecule has 1 aliphatic carbocycles. The van der Waals surface area contributed by atoms with E-state index in [4.69, 9.17) is 4.42 Å². The molecule has 0 unspecified atom stereocenters. The average molecular weight is 275 g/mol. The van der Waals surface area contributed by atoms with Crippen LogP contribution < -0.4 is 10.6 Å². The summed E-state index contributed by atoms with van der Waals surface area (Å²) in [7, 11) is 0. The van der Waals surface area contributed by atoms with E-state index in [9.17, 15) is 0 Å². The Balaban J connectivity index is 1.81. The number of aliphatic imine (C=N–C) groups is 1. The summed E-state index contributed by atoms with van der Waals surface area (Å²) in [5.74, 6) is 1.89. The Hall–Kier alpha value is -1.71. The van der Waals surface area contributed by atoms with Crippen molar-refractivity contribution in [3.63, 3.8) is 0 Å². The first-order valence-corrected chi connectivity index (χ1v) is 7.45. The van der Waals surface area contributed by atoms with Crippen LogP contribution in [-0.2, 0) is 6.42 Å². The maximum Gasteiger partial charge on any atom is 0.191 e. The fraction of sp³-hybridized carbons (Fsp3) is 0.562. The molecule has 1 saturated carbocycles. The molecule has 1 aromatic heterocycles. The van der Waals surface area contributed by atoms with Crippen LogP contribution in [0.1, 0.15) is 38.4 Å². The second-order valence-corrected chi connectivity index (χ2v) is 5.50. The van der Waals surface area contributed by atoms with Gasteiger partial charge in [0.05, 0.1) is 12.8 Å². The second-order valence-electron chi connectivity index (χ2n) is 5.50. The maximum atomic E-state index is 5.33. The average Bonchev–Trinajstić information content (AvgIpc) is 3.08. The van der Waals surface area contributed by atoms with E-state index in [1.54, 1.807) is 6.26 Å². The lowest BCUT2D eigenvalue weighted by Crippen LogP contribution is -2.43. The molecule has 4 heteroatoms. The predicted molar refractivity (Wildman–Crippen MR) is 82.9 cm³/mol. The van der Waals surface area contributed by atoms with E-state index in [0.29, 0.717) is 12.6 Å². The van der Waals surface area contributed by atoms with E-state index in [2.05, 4.69) is 22.2 Å². The Labute approximate surface area is 121 Å². The van der Waals surface area contributed by atoms with E-state index in [1.807, 2.05) is 19.1 Å². The van der Waals surface area contributed by atoms with Crippen molar-refractivity contribution in [2.75, 3.05) is 13.1 Å². The summed E-state index contributed by atoms with van der Waals surface area (Å²) < 4.78 is 5.33. The molecule has 1 aromatic rings. The van der Waals surface area contributed by atoms with E-state index in [-0.39, 0.29) is 0 Å². The number of hydrogen-bond acceptors (Lipinski definition) is 2. The Morgan fingerprint density at radius 1 is 1.45 bits per heavy atom. The molecule has 4 nitrogen and oxygen atoms in total. The van der Waals surface area contributed by atoms with Gasteiger partial charge in [0.2, 0.25) is 0 Å². The highest BCUT2D eigenvalue weighted by molar-refractivity contribution is 5.80. The normalized spacial score (nSPS) is 16.4. The Bertz CT molecular complexity index is 431. The van der Waals surface area contributed by atoms with Gasteiger partial charge in [-0.1, -0.05) is 25.0 Å². The van der Waals surface area contributed by atoms with Crippen molar-refractivity contribution in [2.45, 2.75) is 45.1 Å². The first-order valence-electron chi connectivity index (χ1n) is 7.45. The molecule has 0 bridgehead atoms. The van der Waals surface area contributed by atoms with Gasteiger partial charge in [0.1, 0.15) is 5.76 Å².